The predicted molar refractivity (Wildman–Crippen MR) is 125 cm³/mol. The summed E-state index contributed by atoms with van der Waals surface area (Å²) in [5.41, 5.74) is 2.58. The third-order valence-electron chi connectivity index (χ3n) is 7.38. The highest BCUT2D eigenvalue weighted by Crippen LogP contribution is 2.35. The zero-order valence-corrected chi connectivity index (χ0v) is 19.6. The number of rotatable bonds is 5. The minimum absolute atomic E-state index is 0. The van der Waals surface area contributed by atoms with Gasteiger partial charge in [-0.05, 0) is 81.6 Å². The van der Waals surface area contributed by atoms with E-state index in [0.717, 1.165) is 70.4 Å². The van der Waals surface area contributed by atoms with Crippen LogP contribution in [0.25, 0.3) is 0 Å². The highest BCUT2D eigenvalue weighted by atomic mass is 35.5. The molecule has 2 heterocycles. The second-order valence-corrected chi connectivity index (χ2v) is 9.24. The lowest BCUT2D eigenvalue weighted by Gasteiger charge is -2.35. The van der Waals surface area contributed by atoms with Gasteiger partial charge in [-0.1, -0.05) is 19.1 Å². The van der Waals surface area contributed by atoms with Crippen LogP contribution < -0.4 is 10.2 Å². The molecule has 7 heteroatoms. The largest absolute Gasteiger partial charge is 0.466 e. The fourth-order valence-corrected chi connectivity index (χ4v) is 5.33. The van der Waals surface area contributed by atoms with Gasteiger partial charge in [-0.2, -0.15) is 0 Å². The molecule has 31 heavy (non-hydrogen) atoms. The quantitative estimate of drug-likeness (QED) is 0.687. The summed E-state index contributed by atoms with van der Waals surface area (Å²) in [4.78, 5) is 29.0. The van der Waals surface area contributed by atoms with Gasteiger partial charge in [-0.15, -0.1) is 12.4 Å². The fraction of sp³-hybridized carbons (Fsp3) is 0.667. The molecule has 172 valence electrons. The number of amides is 2. The maximum atomic E-state index is 13.1. The van der Waals surface area contributed by atoms with Gasteiger partial charge in [0.2, 0.25) is 0 Å². The number of nitrogens with one attached hydrogen (secondary N) is 1. The van der Waals surface area contributed by atoms with E-state index in [1.165, 1.54) is 5.56 Å². The molecule has 0 atom stereocenters. The van der Waals surface area contributed by atoms with Crippen molar-refractivity contribution in [1.29, 1.82) is 0 Å². The number of hydrogen-bond acceptors (Lipinski definition) is 4. The summed E-state index contributed by atoms with van der Waals surface area (Å²) in [5, 5.41) is 3.44. The molecule has 1 saturated carbocycles. The van der Waals surface area contributed by atoms with Gasteiger partial charge in [-0.25, -0.2) is 4.79 Å². The van der Waals surface area contributed by atoms with Gasteiger partial charge in [0.15, 0.2) is 0 Å². The number of ether oxygens (including phenoxy) is 1. The van der Waals surface area contributed by atoms with Crippen LogP contribution >= 0.6 is 12.4 Å². The molecule has 6 nitrogen and oxygen atoms in total. The Kier molecular flexibility index (Phi) is 7.87. The normalized spacial score (nSPS) is 25.8. The standard InChI is InChI=1S/C24H35N3O3.ClH/c1-3-30-22(28)18-4-8-20(9-5-18)26-16-17-27(23(26)29)21-10-6-19(7-11-21)24(2)12-14-25-15-13-24;/h6-7,10-11,18,20,25H,3-5,8-9,12-17H2,1-2H3;1H/t18-,20-;. The van der Waals surface area contributed by atoms with Crippen LogP contribution in [0.2, 0.25) is 0 Å². The molecule has 0 radical (unpaired) electrons. The highest BCUT2D eigenvalue weighted by molar-refractivity contribution is 5.94. The number of halogens is 1. The Morgan fingerprint density at radius 1 is 1.10 bits per heavy atom. The van der Waals surface area contributed by atoms with E-state index in [-0.39, 0.29) is 41.8 Å². The lowest BCUT2D eigenvalue weighted by molar-refractivity contribution is -0.149. The van der Waals surface area contributed by atoms with E-state index in [4.69, 9.17) is 4.74 Å². The summed E-state index contributed by atoms with van der Waals surface area (Å²) in [6.07, 6.45) is 5.70. The Bertz CT molecular complexity index is 756. The van der Waals surface area contributed by atoms with Crippen LogP contribution in [0.15, 0.2) is 24.3 Å². The summed E-state index contributed by atoms with van der Waals surface area (Å²) in [6.45, 7) is 8.26. The first-order valence-electron chi connectivity index (χ1n) is 11.6. The predicted octanol–water partition coefficient (Wildman–Crippen LogP) is 4.11. The Balaban J connectivity index is 0.00000272. The molecular weight excluding hydrogens is 414 g/mol. The number of carbonyl (C=O) groups is 2. The number of benzene rings is 1. The minimum atomic E-state index is -0.0761. The average molecular weight is 450 g/mol. The summed E-state index contributed by atoms with van der Waals surface area (Å²) < 4.78 is 5.17. The monoisotopic (exact) mass is 449 g/mol. The molecule has 1 aliphatic carbocycles. The molecule has 1 aromatic carbocycles. The molecule has 1 aromatic rings. The van der Waals surface area contributed by atoms with E-state index in [1.807, 2.05) is 16.7 Å². The fourth-order valence-electron chi connectivity index (χ4n) is 5.33. The van der Waals surface area contributed by atoms with Crippen molar-refractivity contribution < 1.29 is 14.3 Å². The maximum Gasteiger partial charge on any atom is 0.324 e. The van der Waals surface area contributed by atoms with Crippen molar-refractivity contribution in [1.82, 2.24) is 10.2 Å². The Morgan fingerprint density at radius 3 is 2.35 bits per heavy atom. The number of urea groups is 1. The summed E-state index contributed by atoms with van der Waals surface area (Å²) in [6, 6.07) is 8.99. The van der Waals surface area contributed by atoms with Crippen molar-refractivity contribution in [2.24, 2.45) is 5.92 Å². The molecule has 2 amide bonds. The van der Waals surface area contributed by atoms with E-state index < -0.39 is 0 Å². The summed E-state index contributed by atoms with van der Waals surface area (Å²) in [7, 11) is 0. The smallest absolute Gasteiger partial charge is 0.324 e. The van der Waals surface area contributed by atoms with Crippen LogP contribution in [-0.2, 0) is 14.9 Å². The third-order valence-corrected chi connectivity index (χ3v) is 7.38. The average Bonchev–Trinajstić information content (AvgIpc) is 3.16. The van der Waals surface area contributed by atoms with Crippen LogP contribution in [0.4, 0.5) is 10.5 Å². The molecule has 0 spiro atoms. The number of nitrogens with zero attached hydrogens (tertiary/aromatic N) is 2. The van der Waals surface area contributed by atoms with E-state index in [1.54, 1.807) is 0 Å². The number of piperidine rings is 1. The second-order valence-electron chi connectivity index (χ2n) is 9.24. The van der Waals surface area contributed by atoms with Crippen LogP contribution in [0.1, 0.15) is 57.9 Å². The highest BCUT2D eigenvalue weighted by Gasteiger charge is 2.38. The van der Waals surface area contributed by atoms with Crippen LogP contribution in [0.5, 0.6) is 0 Å². The zero-order chi connectivity index (χ0) is 21.1. The first kappa shape index (κ1) is 23.9. The van der Waals surface area contributed by atoms with Crippen LogP contribution in [0.3, 0.4) is 0 Å². The Hall–Kier alpha value is -1.79. The Morgan fingerprint density at radius 2 is 1.74 bits per heavy atom. The van der Waals surface area contributed by atoms with Crippen molar-refractivity contribution >= 4 is 30.1 Å². The molecule has 0 bridgehead atoms. The molecule has 3 aliphatic rings. The third kappa shape index (κ3) is 5.01. The summed E-state index contributed by atoms with van der Waals surface area (Å²) in [5.74, 6) is -0.0771. The van der Waals surface area contributed by atoms with Crippen LogP contribution in [-0.4, -0.2) is 55.7 Å². The van der Waals surface area contributed by atoms with Gasteiger partial charge in [0.05, 0.1) is 12.5 Å². The minimum Gasteiger partial charge on any atom is -0.466 e. The van der Waals surface area contributed by atoms with Gasteiger partial charge < -0.3 is 15.0 Å². The Labute approximate surface area is 192 Å². The van der Waals surface area contributed by atoms with E-state index in [2.05, 4.69) is 36.5 Å². The summed E-state index contributed by atoms with van der Waals surface area (Å²) >= 11 is 0. The lowest BCUT2D eigenvalue weighted by atomic mass is 9.75. The van der Waals surface area contributed by atoms with Crippen molar-refractivity contribution in [3.63, 3.8) is 0 Å². The SMILES string of the molecule is CCOC(=O)[C@H]1CC[C@H](N2CCN(c3ccc(C4(C)CCNCC4)cc3)C2=O)CC1.Cl. The van der Waals surface area contributed by atoms with E-state index in [0.29, 0.717) is 6.61 Å². The molecule has 3 fully saturated rings. The van der Waals surface area contributed by atoms with Crippen molar-refractivity contribution in [3.8, 4) is 0 Å². The first-order chi connectivity index (χ1) is 14.5. The lowest BCUT2D eigenvalue weighted by Crippen LogP contribution is -2.42. The van der Waals surface area contributed by atoms with Gasteiger partial charge >= 0.3 is 12.0 Å². The van der Waals surface area contributed by atoms with Gasteiger partial charge in [0, 0.05) is 24.8 Å². The maximum absolute atomic E-state index is 13.1. The molecule has 0 unspecified atom stereocenters. The number of anilines is 1. The molecule has 4 rings (SSSR count). The molecule has 2 aliphatic heterocycles. The molecular formula is C24H36ClN3O3. The molecule has 0 aromatic heterocycles. The van der Waals surface area contributed by atoms with Crippen molar-refractivity contribution in [2.75, 3.05) is 37.7 Å². The number of esters is 1. The second kappa shape index (κ2) is 10.2. The van der Waals surface area contributed by atoms with Crippen molar-refractivity contribution in [3.05, 3.63) is 29.8 Å². The van der Waals surface area contributed by atoms with Gasteiger partial charge in [0.1, 0.15) is 0 Å². The zero-order valence-electron chi connectivity index (χ0n) is 18.8. The van der Waals surface area contributed by atoms with Gasteiger partial charge in [0.25, 0.3) is 0 Å². The van der Waals surface area contributed by atoms with E-state index in [9.17, 15) is 9.59 Å². The van der Waals surface area contributed by atoms with Crippen LogP contribution in [0, 0.1) is 5.92 Å². The topological polar surface area (TPSA) is 61.9 Å². The molecule has 1 N–H and O–H groups in total. The van der Waals surface area contributed by atoms with E-state index >= 15 is 0 Å². The number of hydrogen-bond donors (Lipinski definition) is 1. The van der Waals surface area contributed by atoms with Crippen molar-refractivity contribution in [2.45, 2.75) is 63.8 Å². The first-order valence-corrected chi connectivity index (χ1v) is 11.6. The molecule has 2 saturated heterocycles. The number of carbonyl (C=O) groups excluding carboxylic acids is 2. The van der Waals surface area contributed by atoms with Gasteiger partial charge in [-0.3, -0.25) is 9.69 Å².